The Kier molecular flexibility index (Phi) is 5.80. The number of carbonyl (C=O) groups excluding carboxylic acids is 2. The molecule has 0 aromatic heterocycles. The van der Waals surface area contributed by atoms with Crippen LogP contribution >= 0.6 is 0 Å². The van der Waals surface area contributed by atoms with E-state index in [4.69, 9.17) is 4.74 Å². The molecular weight excluding hydrogens is 258 g/mol. The van der Waals surface area contributed by atoms with Crippen LogP contribution in [0.1, 0.15) is 47.0 Å². The van der Waals surface area contributed by atoms with E-state index in [-0.39, 0.29) is 30.1 Å². The molecule has 0 spiro atoms. The van der Waals surface area contributed by atoms with Crippen LogP contribution in [0.15, 0.2) is 0 Å². The van der Waals surface area contributed by atoms with E-state index in [0.717, 1.165) is 19.3 Å². The van der Waals surface area contributed by atoms with Gasteiger partial charge in [-0.2, -0.15) is 0 Å². The fraction of sp³-hybridized carbons (Fsp3) is 0.857. The molecule has 0 aliphatic heterocycles. The van der Waals surface area contributed by atoms with Crippen molar-refractivity contribution in [1.82, 2.24) is 16.0 Å². The maximum absolute atomic E-state index is 11.7. The van der Waals surface area contributed by atoms with Crippen molar-refractivity contribution < 1.29 is 14.3 Å². The minimum atomic E-state index is -0.478. The number of amides is 2. The fourth-order valence-electron chi connectivity index (χ4n) is 2.38. The van der Waals surface area contributed by atoms with Crippen molar-refractivity contribution in [3.05, 3.63) is 0 Å². The highest BCUT2D eigenvalue weighted by Gasteiger charge is 2.29. The molecule has 116 valence electrons. The van der Waals surface area contributed by atoms with Gasteiger partial charge >= 0.3 is 6.09 Å². The van der Waals surface area contributed by atoms with Gasteiger partial charge in [-0.25, -0.2) is 4.79 Å². The second kappa shape index (κ2) is 6.92. The third-order valence-electron chi connectivity index (χ3n) is 3.28. The molecule has 0 bridgehead atoms. The van der Waals surface area contributed by atoms with Crippen LogP contribution in [0.2, 0.25) is 0 Å². The van der Waals surface area contributed by atoms with Gasteiger partial charge in [-0.05, 0) is 47.0 Å². The maximum atomic E-state index is 11.7. The molecule has 1 rings (SSSR count). The van der Waals surface area contributed by atoms with Gasteiger partial charge in [-0.15, -0.1) is 0 Å². The summed E-state index contributed by atoms with van der Waals surface area (Å²) in [5.74, 6) is -0.0199. The third-order valence-corrected chi connectivity index (χ3v) is 3.28. The van der Waals surface area contributed by atoms with Gasteiger partial charge in [0, 0.05) is 19.1 Å². The molecule has 3 atom stereocenters. The Balaban J connectivity index is 2.33. The van der Waals surface area contributed by atoms with Gasteiger partial charge < -0.3 is 20.7 Å². The zero-order valence-corrected chi connectivity index (χ0v) is 13.1. The number of hydrogen-bond donors (Lipinski definition) is 3. The molecule has 1 fully saturated rings. The van der Waals surface area contributed by atoms with E-state index in [1.54, 1.807) is 7.05 Å². The Hall–Kier alpha value is -1.30. The van der Waals surface area contributed by atoms with Gasteiger partial charge in [-0.3, -0.25) is 4.79 Å². The first kappa shape index (κ1) is 16.8. The molecule has 3 unspecified atom stereocenters. The van der Waals surface area contributed by atoms with Crippen LogP contribution in [0.25, 0.3) is 0 Å². The van der Waals surface area contributed by atoms with E-state index in [1.165, 1.54) is 0 Å². The van der Waals surface area contributed by atoms with Gasteiger partial charge in [0.25, 0.3) is 0 Å². The first-order chi connectivity index (χ1) is 9.21. The smallest absolute Gasteiger partial charge is 0.407 e. The van der Waals surface area contributed by atoms with Crippen LogP contribution in [0, 0.1) is 0 Å². The molecule has 0 saturated heterocycles. The zero-order valence-electron chi connectivity index (χ0n) is 13.1. The quantitative estimate of drug-likeness (QED) is 0.724. The number of alkyl carbamates (subject to hydrolysis) is 1. The number of nitrogens with one attached hydrogen (secondary N) is 3. The molecule has 0 aromatic rings. The lowest BCUT2D eigenvalue weighted by Gasteiger charge is -2.22. The average Bonchev–Trinajstić information content (AvgIpc) is 2.72. The van der Waals surface area contributed by atoms with Crippen molar-refractivity contribution >= 4 is 12.0 Å². The summed E-state index contributed by atoms with van der Waals surface area (Å²) in [6.07, 6.45) is 2.29. The number of likely N-dealkylation sites (N-methyl/N-ethyl adjacent to an activating group) is 1. The number of ether oxygens (including phenoxy) is 1. The van der Waals surface area contributed by atoms with E-state index in [1.807, 2.05) is 27.7 Å². The van der Waals surface area contributed by atoms with Crippen LogP contribution < -0.4 is 16.0 Å². The van der Waals surface area contributed by atoms with Gasteiger partial charge in [0.05, 0.1) is 6.04 Å². The van der Waals surface area contributed by atoms with E-state index in [2.05, 4.69) is 16.0 Å². The standard InChI is InChI=1S/C14H27N3O3/c1-9(12(18)15-5)16-10-6-7-11(8-10)17-13(19)20-14(2,3)4/h9-11,16H,6-8H2,1-5H3,(H,15,18)(H,17,19). The molecule has 2 amide bonds. The Morgan fingerprint density at radius 1 is 1.20 bits per heavy atom. The van der Waals surface area contributed by atoms with Gasteiger partial charge in [0.2, 0.25) is 5.91 Å². The Labute approximate surface area is 121 Å². The number of rotatable bonds is 4. The molecular formula is C14H27N3O3. The molecule has 0 radical (unpaired) electrons. The van der Waals surface area contributed by atoms with Gasteiger partial charge in [0.1, 0.15) is 5.60 Å². The lowest BCUT2D eigenvalue weighted by Crippen LogP contribution is -2.45. The summed E-state index contributed by atoms with van der Waals surface area (Å²) < 4.78 is 5.24. The fourth-order valence-corrected chi connectivity index (χ4v) is 2.38. The summed E-state index contributed by atoms with van der Waals surface area (Å²) in [5.41, 5.74) is -0.478. The summed E-state index contributed by atoms with van der Waals surface area (Å²) in [6, 6.07) is 0.145. The summed E-state index contributed by atoms with van der Waals surface area (Å²) in [6.45, 7) is 7.37. The van der Waals surface area contributed by atoms with E-state index < -0.39 is 5.60 Å². The zero-order chi connectivity index (χ0) is 15.3. The molecule has 0 aromatic carbocycles. The SMILES string of the molecule is CNC(=O)C(C)NC1CCC(NC(=O)OC(C)(C)C)C1. The lowest BCUT2D eigenvalue weighted by molar-refractivity contribution is -0.122. The molecule has 1 saturated carbocycles. The van der Waals surface area contributed by atoms with Crippen molar-refractivity contribution in [2.75, 3.05) is 7.05 Å². The molecule has 6 heteroatoms. The lowest BCUT2D eigenvalue weighted by atomic mass is 10.2. The summed E-state index contributed by atoms with van der Waals surface area (Å²) in [5, 5.41) is 8.77. The van der Waals surface area contributed by atoms with Crippen LogP contribution in [-0.2, 0) is 9.53 Å². The molecule has 6 nitrogen and oxygen atoms in total. The second-order valence-electron chi connectivity index (χ2n) is 6.36. The normalized spacial score (nSPS) is 24.1. The Morgan fingerprint density at radius 3 is 2.35 bits per heavy atom. The molecule has 20 heavy (non-hydrogen) atoms. The third kappa shape index (κ3) is 5.77. The average molecular weight is 285 g/mol. The van der Waals surface area contributed by atoms with Gasteiger partial charge in [-0.1, -0.05) is 0 Å². The topological polar surface area (TPSA) is 79.5 Å². The van der Waals surface area contributed by atoms with Crippen molar-refractivity contribution in [2.45, 2.75) is 70.7 Å². The van der Waals surface area contributed by atoms with Crippen LogP contribution in [0.4, 0.5) is 4.79 Å². The summed E-state index contributed by atoms with van der Waals surface area (Å²) in [7, 11) is 1.63. The highest BCUT2D eigenvalue weighted by molar-refractivity contribution is 5.80. The largest absolute Gasteiger partial charge is 0.444 e. The minimum Gasteiger partial charge on any atom is -0.444 e. The summed E-state index contributed by atoms with van der Waals surface area (Å²) in [4.78, 5) is 23.1. The monoisotopic (exact) mass is 285 g/mol. The molecule has 1 aliphatic carbocycles. The van der Waals surface area contributed by atoms with Crippen molar-refractivity contribution in [3.63, 3.8) is 0 Å². The van der Waals surface area contributed by atoms with E-state index in [9.17, 15) is 9.59 Å². The van der Waals surface area contributed by atoms with Crippen molar-refractivity contribution in [3.8, 4) is 0 Å². The van der Waals surface area contributed by atoms with Crippen molar-refractivity contribution in [2.24, 2.45) is 0 Å². The molecule has 1 aliphatic rings. The second-order valence-corrected chi connectivity index (χ2v) is 6.36. The first-order valence-electron chi connectivity index (χ1n) is 7.18. The highest BCUT2D eigenvalue weighted by atomic mass is 16.6. The number of hydrogen-bond acceptors (Lipinski definition) is 4. The van der Waals surface area contributed by atoms with Crippen LogP contribution in [-0.4, -0.2) is 42.8 Å². The predicted molar refractivity (Wildman–Crippen MR) is 77.5 cm³/mol. The highest BCUT2D eigenvalue weighted by Crippen LogP contribution is 2.20. The number of carbonyl (C=O) groups is 2. The first-order valence-corrected chi connectivity index (χ1v) is 7.18. The Bertz CT molecular complexity index is 352. The minimum absolute atomic E-state index is 0.0199. The predicted octanol–water partition coefficient (Wildman–Crippen LogP) is 1.16. The Morgan fingerprint density at radius 2 is 1.80 bits per heavy atom. The van der Waals surface area contributed by atoms with Gasteiger partial charge in [0.15, 0.2) is 0 Å². The maximum Gasteiger partial charge on any atom is 0.407 e. The van der Waals surface area contributed by atoms with Crippen LogP contribution in [0.3, 0.4) is 0 Å². The molecule has 0 heterocycles. The summed E-state index contributed by atoms with van der Waals surface area (Å²) >= 11 is 0. The van der Waals surface area contributed by atoms with Crippen molar-refractivity contribution in [1.29, 1.82) is 0 Å². The van der Waals surface area contributed by atoms with E-state index in [0.29, 0.717) is 0 Å². The van der Waals surface area contributed by atoms with Crippen LogP contribution in [0.5, 0.6) is 0 Å². The van der Waals surface area contributed by atoms with E-state index >= 15 is 0 Å². The molecule has 3 N–H and O–H groups in total.